The molecule has 0 aliphatic carbocycles. The quantitative estimate of drug-likeness (QED) is 0.717. The van der Waals surface area contributed by atoms with Crippen LogP contribution in [-0.4, -0.2) is 5.78 Å². The van der Waals surface area contributed by atoms with Crippen LogP contribution in [-0.2, 0) is 17.6 Å². The number of carbonyl (C=O) groups is 1. The third kappa shape index (κ3) is 4.64. The molecule has 2 aromatic rings. The first kappa shape index (κ1) is 14.6. The summed E-state index contributed by atoms with van der Waals surface area (Å²) in [5.41, 5.74) is 0.815. The van der Waals surface area contributed by atoms with Gasteiger partial charge in [0.1, 0.15) is 5.78 Å². The van der Waals surface area contributed by atoms with Crippen molar-refractivity contribution in [2.75, 3.05) is 0 Å². The molecule has 0 N–H and O–H groups in total. The van der Waals surface area contributed by atoms with Gasteiger partial charge < -0.3 is 0 Å². The number of ketones is 1. The monoisotopic (exact) mass is 312 g/mol. The molecular weight excluding hydrogens is 299 g/mol. The van der Waals surface area contributed by atoms with Gasteiger partial charge in [-0.2, -0.15) is 0 Å². The summed E-state index contributed by atoms with van der Waals surface area (Å²) in [5, 5.41) is 3.28. The Kier molecular flexibility index (Phi) is 5.44. The van der Waals surface area contributed by atoms with Crippen LogP contribution in [0.15, 0.2) is 35.7 Å². The van der Waals surface area contributed by atoms with Gasteiger partial charge in [-0.15, -0.1) is 11.3 Å². The lowest BCUT2D eigenvalue weighted by atomic mass is 10.0. The van der Waals surface area contributed by atoms with Gasteiger partial charge in [0.15, 0.2) is 0 Å². The number of rotatable bonds is 6. The molecule has 0 spiro atoms. The molecule has 0 aliphatic rings. The highest BCUT2D eigenvalue weighted by Gasteiger charge is 2.08. The van der Waals surface area contributed by atoms with Crippen LogP contribution in [0.4, 0.5) is 0 Å². The molecule has 4 heteroatoms. The predicted molar refractivity (Wildman–Crippen MR) is 82.4 cm³/mol. The fraction of sp³-hybridized carbons (Fsp3) is 0.267. The Morgan fingerprint density at radius 1 is 1.21 bits per heavy atom. The lowest BCUT2D eigenvalue weighted by Crippen LogP contribution is -2.03. The second kappa shape index (κ2) is 7.09. The number of hydrogen-bond acceptors (Lipinski definition) is 2. The fourth-order valence-corrected chi connectivity index (χ4v) is 3.02. The van der Waals surface area contributed by atoms with E-state index in [0.29, 0.717) is 22.9 Å². The van der Waals surface area contributed by atoms with Crippen LogP contribution in [0.25, 0.3) is 0 Å². The topological polar surface area (TPSA) is 17.1 Å². The number of halogens is 2. The molecule has 0 radical (unpaired) electrons. The van der Waals surface area contributed by atoms with Crippen molar-refractivity contribution >= 4 is 40.3 Å². The van der Waals surface area contributed by atoms with E-state index in [1.54, 1.807) is 29.5 Å². The standard InChI is InChI=1S/C15H14Cl2OS/c16-12-6-7-15(17)11(9-12)10-13(18)3-1-4-14-5-2-8-19-14/h2,5-9H,1,3-4,10H2. The number of carbonyl (C=O) groups excluding carboxylic acids is 1. The number of aryl methyl sites for hydroxylation is 1. The largest absolute Gasteiger partial charge is 0.299 e. The molecule has 0 aliphatic heterocycles. The summed E-state index contributed by atoms with van der Waals surface area (Å²) in [6.45, 7) is 0. The van der Waals surface area contributed by atoms with E-state index in [1.807, 2.05) is 6.07 Å². The van der Waals surface area contributed by atoms with E-state index in [-0.39, 0.29) is 5.78 Å². The SMILES string of the molecule is O=C(CCCc1cccs1)Cc1cc(Cl)ccc1Cl. The second-order valence-electron chi connectivity index (χ2n) is 4.38. The van der Waals surface area contributed by atoms with Gasteiger partial charge in [0, 0.05) is 27.8 Å². The molecule has 0 unspecified atom stereocenters. The van der Waals surface area contributed by atoms with Gasteiger partial charge >= 0.3 is 0 Å². The fourth-order valence-electron chi connectivity index (χ4n) is 1.89. The van der Waals surface area contributed by atoms with E-state index in [0.717, 1.165) is 18.4 Å². The van der Waals surface area contributed by atoms with E-state index < -0.39 is 0 Å². The van der Waals surface area contributed by atoms with E-state index in [2.05, 4.69) is 11.4 Å². The molecule has 1 nitrogen and oxygen atoms in total. The van der Waals surface area contributed by atoms with Gasteiger partial charge in [0.2, 0.25) is 0 Å². The molecule has 1 aromatic carbocycles. The Balaban J connectivity index is 1.82. The van der Waals surface area contributed by atoms with Crippen LogP contribution in [0, 0.1) is 0 Å². The minimum atomic E-state index is 0.209. The third-order valence-corrected chi connectivity index (χ3v) is 4.39. The zero-order chi connectivity index (χ0) is 13.7. The first-order chi connectivity index (χ1) is 9.15. The van der Waals surface area contributed by atoms with Gasteiger partial charge in [-0.05, 0) is 48.1 Å². The van der Waals surface area contributed by atoms with Gasteiger partial charge in [0.05, 0.1) is 0 Å². The molecule has 2 rings (SSSR count). The van der Waals surface area contributed by atoms with Crippen molar-refractivity contribution in [1.29, 1.82) is 0 Å². The van der Waals surface area contributed by atoms with Gasteiger partial charge in [-0.1, -0.05) is 29.3 Å². The number of hydrogen-bond donors (Lipinski definition) is 0. The summed E-state index contributed by atoms with van der Waals surface area (Å²) in [6, 6.07) is 9.37. The minimum Gasteiger partial charge on any atom is -0.299 e. The predicted octanol–water partition coefficient (Wildman–Crippen LogP) is 5.19. The highest BCUT2D eigenvalue weighted by Crippen LogP contribution is 2.22. The number of Topliss-reactive ketones (excluding diaryl/α,β-unsaturated/α-hetero) is 1. The molecule has 0 bridgehead atoms. The van der Waals surface area contributed by atoms with Gasteiger partial charge in [-0.25, -0.2) is 0 Å². The van der Waals surface area contributed by atoms with Crippen molar-refractivity contribution in [3.63, 3.8) is 0 Å². The van der Waals surface area contributed by atoms with Gasteiger partial charge in [-0.3, -0.25) is 4.79 Å². The molecule has 0 amide bonds. The van der Waals surface area contributed by atoms with Crippen LogP contribution >= 0.6 is 34.5 Å². The van der Waals surface area contributed by atoms with Crippen molar-refractivity contribution in [3.05, 3.63) is 56.2 Å². The smallest absolute Gasteiger partial charge is 0.137 e. The molecular formula is C15H14Cl2OS. The maximum Gasteiger partial charge on any atom is 0.137 e. The Labute approximate surface area is 127 Å². The maximum atomic E-state index is 11.9. The Bertz CT molecular complexity index is 549. The highest BCUT2D eigenvalue weighted by molar-refractivity contribution is 7.09. The Hall–Kier alpha value is -0.830. The van der Waals surface area contributed by atoms with E-state index in [1.165, 1.54) is 4.88 Å². The average Bonchev–Trinajstić information content (AvgIpc) is 2.87. The summed E-state index contributed by atoms with van der Waals surface area (Å²) in [4.78, 5) is 13.2. The molecule has 1 heterocycles. The van der Waals surface area contributed by atoms with Crippen molar-refractivity contribution in [2.45, 2.75) is 25.7 Å². The molecule has 0 fully saturated rings. The molecule has 19 heavy (non-hydrogen) atoms. The normalized spacial score (nSPS) is 10.6. The Morgan fingerprint density at radius 2 is 2.05 bits per heavy atom. The van der Waals surface area contributed by atoms with E-state index >= 15 is 0 Å². The Morgan fingerprint density at radius 3 is 2.79 bits per heavy atom. The lowest BCUT2D eigenvalue weighted by molar-refractivity contribution is -0.118. The summed E-state index contributed by atoms with van der Waals surface area (Å²) in [5.74, 6) is 0.209. The molecule has 0 saturated carbocycles. The van der Waals surface area contributed by atoms with E-state index in [9.17, 15) is 4.79 Å². The van der Waals surface area contributed by atoms with Crippen molar-refractivity contribution in [3.8, 4) is 0 Å². The second-order valence-corrected chi connectivity index (χ2v) is 6.26. The maximum absolute atomic E-state index is 11.9. The number of benzene rings is 1. The minimum absolute atomic E-state index is 0.209. The first-order valence-corrected chi connectivity index (χ1v) is 7.77. The highest BCUT2D eigenvalue weighted by atomic mass is 35.5. The van der Waals surface area contributed by atoms with Crippen LogP contribution in [0.5, 0.6) is 0 Å². The molecule has 0 atom stereocenters. The first-order valence-electron chi connectivity index (χ1n) is 6.13. The summed E-state index contributed by atoms with van der Waals surface area (Å²) in [7, 11) is 0. The third-order valence-electron chi connectivity index (χ3n) is 2.85. The number of thiophene rings is 1. The van der Waals surface area contributed by atoms with Crippen LogP contribution < -0.4 is 0 Å². The summed E-state index contributed by atoms with van der Waals surface area (Å²) in [6.07, 6.45) is 2.80. The van der Waals surface area contributed by atoms with Crippen molar-refractivity contribution in [1.82, 2.24) is 0 Å². The van der Waals surface area contributed by atoms with E-state index in [4.69, 9.17) is 23.2 Å². The zero-order valence-electron chi connectivity index (χ0n) is 10.4. The van der Waals surface area contributed by atoms with Crippen LogP contribution in [0.1, 0.15) is 23.3 Å². The van der Waals surface area contributed by atoms with Crippen LogP contribution in [0.3, 0.4) is 0 Å². The van der Waals surface area contributed by atoms with Crippen LogP contribution in [0.2, 0.25) is 10.0 Å². The molecule has 0 saturated heterocycles. The average molecular weight is 313 g/mol. The van der Waals surface area contributed by atoms with Crippen molar-refractivity contribution in [2.24, 2.45) is 0 Å². The summed E-state index contributed by atoms with van der Waals surface area (Å²) < 4.78 is 0. The molecule has 100 valence electrons. The van der Waals surface area contributed by atoms with Gasteiger partial charge in [0.25, 0.3) is 0 Å². The summed E-state index contributed by atoms with van der Waals surface area (Å²) >= 11 is 13.7. The lowest BCUT2D eigenvalue weighted by Gasteiger charge is -2.04. The molecule has 1 aromatic heterocycles. The van der Waals surface area contributed by atoms with Crippen molar-refractivity contribution < 1.29 is 4.79 Å². The zero-order valence-corrected chi connectivity index (χ0v) is 12.7.